The summed E-state index contributed by atoms with van der Waals surface area (Å²) >= 11 is 1.60. The standard InChI is InChI=1S/C26H27N7O3S/c1-26(2,3)36-21(34)9-11-29-25(35)16-5-4-6-17(13-16)30-24-19-10-12-37-22(19)18-8-7-15(14-20(18)31-24)23(27)32-33-28/h4-8,10,12-14H,9,11H2,1-3H3,(H,29,35)(H,30,31)(H3,27,28,32). The molecule has 0 bridgehead atoms. The summed E-state index contributed by atoms with van der Waals surface area (Å²) in [6.45, 7) is 5.58. The van der Waals surface area contributed by atoms with Gasteiger partial charge in [0.25, 0.3) is 5.91 Å². The number of rotatable bonds is 8. The largest absolute Gasteiger partial charge is 0.460 e. The molecule has 2 heterocycles. The van der Waals surface area contributed by atoms with Gasteiger partial charge in [-0.15, -0.1) is 16.4 Å². The molecule has 2 aromatic heterocycles. The Hall–Kier alpha value is -4.38. The Kier molecular flexibility index (Phi) is 7.44. The van der Waals surface area contributed by atoms with Crippen molar-refractivity contribution in [3.05, 3.63) is 65.0 Å². The molecular formula is C26H27N7O3S. The molecule has 2 aromatic carbocycles. The number of carbonyl (C=O) groups is 2. The second-order valence-corrected chi connectivity index (χ2v) is 10.2. The van der Waals surface area contributed by atoms with E-state index < -0.39 is 5.60 Å². The van der Waals surface area contributed by atoms with E-state index in [4.69, 9.17) is 21.0 Å². The number of amidine groups is 1. The normalized spacial score (nSPS) is 11.9. The van der Waals surface area contributed by atoms with E-state index in [0.717, 1.165) is 15.5 Å². The van der Waals surface area contributed by atoms with Gasteiger partial charge < -0.3 is 21.1 Å². The molecule has 0 saturated carbocycles. The molecule has 0 aliphatic rings. The van der Waals surface area contributed by atoms with Crippen molar-refractivity contribution < 1.29 is 14.3 Å². The summed E-state index contributed by atoms with van der Waals surface area (Å²) in [4.78, 5) is 29.4. The van der Waals surface area contributed by atoms with E-state index in [1.165, 1.54) is 0 Å². The fourth-order valence-corrected chi connectivity index (χ4v) is 4.65. The van der Waals surface area contributed by atoms with Crippen LogP contribution in [0.5, 0.6) is 0 Å². The van der Waals surface area contributed by atoms with Gasteiger partial charge in [-0.1, -0.05) is 23.4 Å². The number of thiophene rings is 1. The van der Waals surface area contributed by atoms with E-state index in [1.54, 1.807) is 56.4 Å². The predicted molar refractivity (Wildman–Crippen MR) is 146 cm³/mol. The van der Waals surface area contributed by atoms with Gasteiger partial charge in [-0.2, -0.15) is 5.53 Å². The van der Waals surface area contributed by atoms with Crippen LogP contribution >= 0.6 is 11.3 Å². The van der Waals surface area contributed by atoms with Gasteiger partial charge in [0, 0.05) is 38.8 Å². The first-order chi connectivity index (χ1) is 17.6. The molecule has 0 atom stereocenters. The highest BCUT2D eigenvalue weighted by molar-refractivity contribution is 7.18. The molecule has 0 saturated heterocycles. The topological polar surface area (TPSA) is 155 Å². The lowest BCUT2D eigenvalue weighted by Gasteiger charge is -2.19. The van der Waals surface area contributed by atoms with Crippen LogP contribution in [0.2, 0.25) is 0 Å². The highest BCUT2D eigenvalue weighted by atomic mass is 32.1. The Morgan fingerprint density at radius 1 is 1.11 bits per heavy atom. The van der Waals surface area contributed by atoms with Crippen molar-refractivity contribution >= 4 is 61.5 Å². The van der Waals surface area contributed by atoms with Gasteiger partial charge in [0.05, 0.1) is 11.9 Å². The summed E-state index contributed by atoms with van der Waals surface area (Å²) in [5.74, 6) is 0.100. The summed E-state index contributed by atoms with van der Waals surface area (Å²) in [5.41, 5.74) is 14.7. The lowest BCUT2D eigenvalue weighted by Crippen LogP contribution is -2.29. The average molecular weight is 518 g/mol. The number of hydrogen-bond donors (Lipinski definition) is 4. The molecular weight excluding hydrogens is 490 g/mol. The van der Waals surface area contributed by atoms with Gasteiger partial charge >= 0.3 is 5.97 Å². The highest BCUT2D eigenvalue weighted by Crippen LogP contribution is 2.35. The van der Waals surface area contributed by atoms with Crippen molar-refractivity contribution in [1.29, 1.82) is 5.53 Å². The smallest absolute Gasteiger partial charge is 0.308 e. The summed E-state index contributed by atoms with van der Waals surface area (Å²) in [6.07, 6.45) is 0.0885. The molecule has 11 heteroatoms. The summed E-state index contributed by atoms with van der Waals surface area (Å²) in [5, 5.41) is 16.6. The maximum atomic E-state index is 12.7. The Balaban J connectivity index is 1.54. The van der Waals surface area contributed by atoms with E-state index in [0.29, 0.717) is 28.1 Å². The van der Waals surface area contributed by atoms with Crippen molar-refractivity contribution in [2.24, 2.45) is 16.1 Å². The number of anilines is 2. The number of nitrogens with two attached hydrogens (primary N) is 1. The fraction of sp³-hybridized carbons (Fsp3) is 0.231. The number of nitrogens with one attached hydrogen (secondary N) is 3. The molecule has 0 aliphatic carbocycles. The zero-order valence-electron chi connectivity index (χ0n) is 20.7. The summed E-state index contributed by atoms with van der Waals surface area (Å²) < 4.78 is 6.32. The predicted octanol–water partition coefficient (Wildman–Crippen LogP) is 5.31. The van der Waals surface area contributed by atoms with Gasteiger partial charge in [-0.3, -0.25) is 9.59 Å². The Morgan fingerprint density at radius 3 is 2.68 bits per heavy atom. The molecule has 37 heavy (non-hydrogen) atoms. The van der Waals surface area contributed by atoms with Crippen LogP contribution in [-0.2, 0) is 9.53 Å². The number of carbonyl (C=O) groups excluding carboxylic acids is 2. The van der Waals surface area contributed by atoms with Crippen LogP contribution in [0.15, 0.2) is 64.2 Å². The van der Waals surface area contributed by atoms with E-state index >= 15 is 0 Å². The third-order valence-electron chi connectivity index (χ3n) is 5.27. The molecule has 1 amide bonds. The highest BCUT2D eigenvalue weighted by Gasteiger charge is 2.17. The molecule has 4 aromatic rings. The van der Waals surface area contributed by atoms with Crippen molar-refractivity contribution in [3.8, 4) is 0 Å². The SMILES string of the molecule is CC(C)(C)OC(=O)CCNC(=O)c1cccc(Nc2nc3cc(/C(N)=N/N=N)ccc3c3sccc23)c1. The van der Waals surface area contributed by atoms with Crippen LogP contribution in [0.1, 0.15) is 43.1 Å². The van der Waals surface area contributed by atoms with Crippen molar-refractivity contribution in [2.45, 2.75) is 32.8 Å². The van der Waals surface area contributed by atoms with Crippen LogP contribution in [0.4, 0.5) is 11.5 Å². The minimum absolute atomic E-state index is 0.0885. The fourth-order valence-electron chi connectivity index (χ4n) is 3.71. The molecule has 0 radical (unpaired) electrons. The van der Waals surface area contributed by atoms with Crippen LogP contribution in [0.25, 0.3) is 21.0 Å². The van der Waals surface area contributed by atoms with Crippen molar-refractivity contribution in [3.63, 3.8) is 0 Å². The van der Waals surface area contributed by atoms with E-state index in [9.17, 15) is 9.59 Å². The number of fused-ring (bicyclic) bond motifs is 3. The van der Waals surface area contributed by atoms with E-state index in [-0.39, 0.29) is 30.7 Å². The second kappa shape index (κ2) is 10.7. The van der Waals surface area contributed by atoms with Crippen LogP contribution in [-0.4, -0.2) is 34.8 Å². The zero-order chi connectivity index (χ0) is 26.6. The third-order valence-corrected chi connectivity index (χ3v) is 6.22. The molecule has 190 valence electrons. The minimum atomic E-state index is -0.564. The van der Waals surface area contributed by atoms with E-state index in [2.05, 4.69) is 21.0 Å². The van der Waals surface area contributed by atoms with Crippen LogP contribution < -0.4 is 16.4 Å². The number of esters is 1. The molecule has 4 rings (SSSR count). The summed E-state index contributed by atoms with van der Waals surface area (Å²) in [6, 6.07) is 14.6. The maximum absolute atomic E-state index is 12.7. The van der Waals surface area contributed by atoms with Gasteiger partial charge in [0.2, 0.25) is 0 Å². The number of pyridine rings is 1. The Morgan fingerprint density at radius 2 is 1.92 bits per heavy atom. The van der Waals surface area contributed by atoms with Gasteiger partial charge in [-0.25, -0.2) is 4.98 Å². The van der Waals surface area contributed by atoms with Crippen molar-refractivity contribution in [1.82, 2.24) is 10.3 Å². The zero-order valence-corrected chi connectivity index (χ0v) is 21.5. The molecule has 0 fully saturated rings. The number of hydrogen-bond acceptors (Lipinski definition) is 8. The number of aromatic nitrogens is 1. The number of benzene rings is 2. The van der Waals surface area contributed by atoms with Gasteiger partial charge in [0.15, 0.2) is 5.84 Å². The van der Waals surface area contributed by atoms with Crippen LogP contribution in [0, 0.1) is 5.53 Å². The number of ether oxygens (including phenoxy) is 1. The average Bonchev–Trinajstić information content (AvgIpc) is 3.33. The molecule has 0 unspecified atom stereocenters. The molecule has 5 N–H and O–H groups in total. The molecule has 0 spiro atoms. The molecule has 0 aliphatic heterocycles. The van der Waals surface area contributed by atoms with Crippen LogP contribution in [0.3, 0.4) is 0 Å². The van der Waals surface area contributed by atoms with Crippen molar-refractivity contribution in [2.75, 3.05) is 11.9 Å². The summed E-state index contributed by atoms with van der Waals surface area (Å²) in [7, 11) is 0. The maximum Gasteiger partial charge on any atom is 0.308 e. The number of nitrogens with zero attached hydrogens (tertiary/aromatic N) is 3. The van der Waals surface area contributed by atoms with Gasteiger partial charge in [-0.05, 0) is 56.5 Å². The monoisotopic (exact) mass is 517 g/mol. The Labute approximate surface area is 217 Å². The van der Waals surface area contributed by atoms with Gasteiger partial charge in [0.1, 0.15) is 11.4 Å². The lowest BCUT2D eigenvalue weighted by molar-refractivity contribution is -0.154. The third kappa shape index (κ3) is 6.25. The number of amides is 1. The first-order valence-electron chi connectivity index (χ1n) is 11.5. The first kappa shape index (κ1) is 25.7. The van der Waals surface area contributed by atoms with E-state index in [1.807, 2.05) is 29.6 Å². The first-order valence-corrected chi connectivity index (χ1v) is 12.4. The second-order valence-electron chi connectivity index (χ2n) is 9.24. The molecule has 10 nitrogen and oxygen atoms in total. The minimum Gasteiger partial charge on any atom is -0.460 e. The lowest BCUT2D eigenvalue weighted by atomic mass is 10.1. The Bertz CT molecular complexity index is 1520. The quantitative estimate of drug-likeness (QED) is 0.0816.